The van der Waals surface area contributed by atoms with Crippen LogP contribution in [0.4, 0.5) is 0 Å². The molecular weight excluding hydrogens is 238 g/mol. The molecule has 1 aromatic rings. The molecule has 0 aliphatic rings. The van der Waals surface area contributed by atoms with E-state index in [9.17, 15) is 0 Å². The minimum absolute atomic E-state index is 0.111. The molecule has 1 aromatic carbocycles. The van der Waals surface area contributed by atoms with Gasteiger partial charge >= 0.3 is 0 Å². The first-order valence-electron chi connectivity index (χ1n) is 6.86. The van der Waals surface area contributed by atoms with Crippen LogP contribution in [0, 0.1) is 0 Å². The van der Waals surface area contributed by atoms with Crippen molar-refractivity contribution in [1.82, 2.24) is 0 Å². The van der Waals surface area contributed by atoms with Gasteiger partial charge in [0.1, 0.15) is 0 Å². The number of rotatable bonds is 6. The molecule has 0 unspecified atom stereocenters. The highest BCUT2D eigenvalue weighted by Gasteiger charge is 2.22. The standard InChI is InChI=1S/C16H27NS/c1-6-16(5,7-2)13-8-10-14(11-9-13)18-15(3,4)12-17/h8-11H,6-7,12,17H2,1-5H3. The van der Waals surface area contributed by atoms with Crippen molar-refractivity contribution in [3.63, 3.8) is 0 Å². The molecule has 0 aliphatic heterocycles. The van der Waals surface area contributed by atoms with Crippen molar-refractivity contribution in [3.8, 4) is 0 Å². The SMILES string of the molecule is CCC(C)(CC)c1ccc(SC(C)(C)CN)cc1. The van der Waals surface area contributed by atoms with Crippen molar-refractivity contribution in [2.45, 2.75) is 62.5 Å². The van der Waals surface area contributed by atoms with Crippen molar-refractivity contribution < 1.29 is 0 Å². The van der Waals surface area contributed by atoms with Gasteiger partial charge in [0.25, 0.3) is 0 Å². The van der Waals surface area contributed by atoms with E-state index in [-0.39, 0.29) is 4.75 Å². The quantitative estimate of drug-likeness (QED) is 0.761. The molecule has 2 heteroatoms. The van der Waals surface area contributed by atoms with Crippen LogP contribution >= 0.6 is 11.8 Å². The molecule has 0 spiro atoms. The summed E-state index contributed by atoms with van der Waals surface area (Å²) in [5.41, 5.74) is 7.53. The van der Waals surface area contributed by atoms with E-state index in [1.165, 1.54) is 23.3 Å². The van der Waals surface area contributed by atoms with E-state index in [1.54, 1.807) is 0 Å². The van der Waals surface area contributed by atoms with Gasteiger partial charge in [-0.3, -0.25) is 0 Å². The molecule has 0 radical (unpaired) electrons. The van der Waals surface area contributed by atoms with E-state index < -0.39 is 0 Å². The third-order valence-corrected chi connectivity index (χ3v) is 5.22. The number of benzene rings is 1. The van der Waals surface area contributed by atoms with Crippen LogP contribution < -0.4 is 5.73 Å². The lowest BCUT2D eigenvalue weighted by molar-refractivity contribution is 0.438. The maximum absolute atomic E-state index is 5.78. The number of nitrogens with two attached hydrogens (primary N) is 1. The van der Waals surface area contributed by atoms with Crippen LogP contribution in [0.2, 0.25) is 0 Å². The van der Waals surface area contributed by atoms with Crippen molar-refractivity contribution in [2.75, 3.05) is 6.54 Å². The first kappa shape index (κ1) is 15.6. The summed E-state index contributed by atoms with van der Waals surface area (Å²) in [5, 5.41) is 0. The summed E-state index contributed by atoms with van der Waals surface area (Å²) < 4.78 is 0.111. The van der Waals surface area contributed by atoms with Crippen LogP contribution in [0.3, 0.4) is 0 Å². The topological polar surface area (TPSA) is 26.0 Å². The Labute approximate surface area is 117 Å². The zero-order valence-corrected chi connectivity index (χ0v) is 13.2. The lowest BCUT2D eigenvalue weighted by atomic mass is 9.78. The highest BCUT2D eigenvalue weighted by molar-refractivity contribution is 8.00. The molecule has 0 aliphatic carbocycles. The number of hydrogen-bond acceptors (Lipinski definition) is 2. The summed E-state index contributed by atoms with van der Waals surface area (Å²) in [6, 6.07) is 9.03. The summed E-state index contributed by atoms with van der Waals surface area (Å²) in [4.78, 5) is 1.31. The van der Waals surface area contributed by atoms with Gasteiger partial charge in [-0.2, -0.15) is 0 Å². The molecule has 0 fully saturated rings. The van der Waals surface area contributed by atoms with Gasteiger partial charge in [0.15, 0.2) is 0 Å². The average molecular weight is 265 g/mol. The molecule has 0 saturated heterocycles. The molecule has 102 valence electrons. The summed E-state index contributed by atoms with van der Waals surface area (Å²) in [7, 11) is 0. The molecule has 1 nitrogen and oxygen atoms in total. The molecule has 0 atom stereocenters. The summed E-state index contributed by atoms with van der Waals surface area (Å²) in [6.45, 7) is 12.0. The largest absolute Gasteiger partial charge is 0.329 e. The van der Waals surface area contributed by atoms with Gasteiger partial charge in [-0.15, -0.1) is 11.8 Å². The second-order valence-electron chi connectivity index (χ2n) is 5.86. The van der Waals surface area contributed by atoms with Crippen LogP contribution in [0.5, 0.6) is 0 Å². The normalized spacial score (nSPS) is 12.8. The molecule has 18 heavy (non-hydrogen) atoms. The zero-order valence-electron chi connectivity index (χ0n) is 12.4. The molecule has 0 aromatic heterocycles. The zero-order chi connectivity index (χ0) is 13.8. The Morgan fingerprint density at radius 2 is 1.50 bits per heavy atom. The fraction of sp³-hybridized carbons (Fsp3) is 0.625. The van der Waals surface area contributed by atoms with Crippen LogP contribution in [0.15, 0.2) is 29.2 Å². The molecular formula is C16H27NS. The van der Waals surface area contributed by atoms with Gasteiger partial charge in [-0.05, 0) is 49.8 Å². The highest BCUT2D eigenvalue weighted by Crippen LogP contribution is 2.35. The first-order chi connectivity index (χ1) is 8.37. The number of hydrogen-bond donors (Lipinski definition) is 1. The van der Waals surface area contributed by atoms with Gasteiger partial charge in [0.2, 0.25) is 0 Å². The lowest BCUT2D eigenvalue weighted by Crippen LogP contribution is -2.26. The molecule has 2 N–H and O–H groups in total. The van der Waals surface area contributed by atoms with Crippen LogP contribution in [-0.2, 0) is 5.41 Å². The third-order valence-electron chi connectivity index (χ3n) is 4.00. The second-order valence-corrected chi connectivity index (χ2v) is 7.64. The van der Waals surface area contributed by atoms with Gasteiger partial charge in [0.05, 0.1) is 0 Å². The van der Waals surface area contributed by atoms with Crippen molar-refractivity contribution >= 4 is 11.8 Å². The molecule has 0 amide bonds. The minimum atomic E-state index is 0.111. The first-order valence-corrected chi connectivity index (χ1v) is 7.68. The van der Waals surface area contributed by atoms with Gasteiger partial charge in [-0.25, -0.2) is 0 Å². The third kappa shape index (κ3) is 3.76. The summed E-state index contributed by atoms with van der Waals surface area (Å²) in [5.74, 6) is 0. The Morgan fingerprint density at radius 3 is 1.89 bits per heavy atom. The Kier molecular flexibility index (Phi) is 5.30. The average Bonchev–Trinajstić information content (AvgIpc) is 2.38. The van der Waals surface area contributed by atoms with E-state index in [4.69, 9.17) is 5.73 Å². The fourth-order valence-corrected chi connectivity index (χ4v) is 2.94. The molecule has 1 rings (SSSR count). The summed E-state index contributed by atoms with van der Waals surface area (Å²) >= 11 is 1.86. The van der Waals surface area contributed by atoms with Crippen molar-refractivity contribution in [3.05, 3.63) is 29.8 Å². The maximum atomic E-state index is 5.78. The predicted molar refractivity (Wildman–Crippen MR) is 83.4 cm³/mol. The fourth-order valence-electron chi connectivity index (χ4n) is 1.94. The maximum Gasteiger partial charge on any atom is 0.0273 e. The van der Waals surface area contributed by atoms with E-state index in [2.05, 4.69) is 58.9 Å². The van der Waals surface area contributed by atoms with Crippen molar-refractivity contribution in [2.24, 2.45) is 5.73 Å². The molecule has 0 heterocycles. The van der Waals surface area contributed by atoms with Crippen molar-refractivity contribution in [1.29, 1.82) is 0 Å². The van der Waals surface area contributed by atoms with E-state index in [0.717, 1.165) is 0 Å². The van der Waals surface area contributed by atoms with E-state index in [1.807, 2.05) is 11.8 Å². The number of thioether (sulfide) groups is 1. The molecule has 0 saturated carbocycles. The minimum Gasteiger partial charge on any atom is -0.329 e. The smallest absolute Gasteiger partial charge is 0.0273 e. The molecule has 0 bridgehead atoms. The van der Waals surface area contributed by atoms with E-state index >= 15 is 0 Å². The van der Waals surface area contributed by atoms with Crippen LogP contribution in [0.25, 0.3) is 0 Å². The van der Waals surface area contributed by atoms with Crippen LogP contribution in [0.1, 0.15) is 53.0 Å². The van der Waals surface area contributed by atoms with Gasteiger partial charge in [0, 0.05) is 16.2 Å². The highest BCUT2D eigenvalue weighted by atomic mass is 32.2. The Morgan fingerprint density at radius 1 is 1.00 bits per heavy atom. The Bertz CT molecular complexity index is 363. The Hall–Kier alpha value is -0.470. The lowest BCUT2D eigenvalue weighted by Gasteiger charge is -2.28. The Balaban J connectivity index is 2.86. The second kappa shape index (κ2) is 6.12. The van der Waals surface area contributed by atoms with Crippen LogP contribution in [-0.4, -0.2) is 11.3 Å². The predicted octanol–water partition coefficient (Wildman–Crippen LogP) is 4.59. The summed E-state index contributed by atoms with van der Waals surface area (Å²) in [6.07, 6.45) is 2.37. The van der Waals surface area contributed by atoms with E-state index in [0.29, 0.717) is 12.0 Å². The monoisotopic (exact) mass is 265 g/mol. The van der Waals surface area contributed by atoms with Gasteiger partial charge in [-0.1, -0.05) is 32.9 Å². The van der Waals surface area contributed by atoms with Gasteiger partial charge < -0.3 is 5.73 Å².